The van der Waals surface area contributed by atoms with Crippen molar-refractivity contribution in [2.75, 3.05) is 25.6 Å². The normalized spacial score (nSPS) is 16.2. The molecule has 2 aliphatic rings. The summed E-state index contributed by atoms with van der Waals surface area (Å²) in [7, 11) is 1.49. The van der Waals surface area contributed by atoms with Gasteiger partial charge in [-0.15, -0.1) is 11.3 Å². The molecule has 0 saturated carbocycles. The smallest absolute Gasteiger partial charge is 0.410 e. The van der Waals surface area contributed by atoms with Crippen molar-refractivity contribution in [2.45, 2.75) is 26.1 Å². The topological polar surface area (TPSA) is 106 Å². The van der Waals surface area contributed by atoms with E-state index in [-0.39, 0.29) is 17.7 Å². The number of methoxy groups -OCH3 is 1. The van der Waals surface area contributed by atoms with Crippen LogP contribution < -0.4 is 20.1 Å². The van der Waals surface area contributed by atoms with Gasteiger partial charge in [0.05, 0.1) is 31.4 Å². The molecule has 0 spiro atoms. The second kappa shape index (κ2) is 9.90. The number of rotatable bonds is 5. The van der Waals surface area contributed by atoms with Crippen molar-refractivity contribution in [1.82, 2.24) is 10.2 Å². The lowest BCUT2D eigenvalue weighted by Crippen LogP contribution is -2.39. The van der Waals surface area contributed by atoms with Crippen molar-refractivity contribution in [2.24, 2.45) is 0 Å². The van der Waals surface area contributed by atoms with Crippen molar-refractivity contribution in [3.05, 3.63) is 75.7 Å². The number of nitrogens with zero attached hydrogens (tertiary/aromatic N) is 1. The first-order valence-corrected chi connectivity index (χ1v) is 12.4. The Kier molecular flexibility index (Phi) is 6.51. The number of benzene rings is 2. The number of hydrogen-bond donors (Lipinski definition) is 2. The van der Waals surface area contributed by atoms with Crippen LogP contribution in [0.4, 0.5) is 9.80 Å². The van der Waals surface area contributed by atoms with Crippen LogP contribution in [0.2, 0.25) is 0 Å². The van der Waals surface area contributed by atoms with E-state index in [1.807, 2.05) is 6.07 Å². The Hall–Kier alpha value is -4.05. The molecule has 2 N–H and O–H groups in total. The summed E-state index contributed by atoms with van der Waals surface area (Å²) in [6, 6.07) is 13.8. The Balaban J connectivity index is 1.35. The molecule has 36 heavy (non-hydrogen) atoms. The fourth-order valence-corrected chi connectivity index (χ4v) is 5.62. The average Bonchev–Trinajstić information content (AvgIpc) is 3.27. The number of hydrogen-bond acceptors (Lipinski definition) is 8. The van der Waals surface area contributed by atoms with E-state index in [4.69, 9.17) is 14.2 Å². The maximum atomic E-state index is 13.1. The van der Waals surface area contributed by atoms with Crippen LogP contribution in [-0.2, 0) is 17.7 Å². The fourth-order valence-electron chi connectivity index (χ4n) is 4.33. The van der Waals surface area contributed by atoms with E-state index >= 15 is 0 Å². The van der Waals surface area contributed by atoms with Gasteiger partial charge in [-0.25, -0.2) is 9.59 Å². The molecule has 2 amide bonds. The fraction of sp³-hybridized carbons (Fsp3) is 0.269. The van der Waals surface area contributed by atoms with E-state index < -0.39 is 12.1 Å². The molecule has 0 bridgehead atoms. The van der Waals surface area contributed by atoms with Gasteiger partial charge in [-0.05, 0) is 48.7 Å². The highest BCUT2D eigenvalue weighted by Gasteiger charge is 2.34. The largest absolute Gasteiger partial charge is 0.493 e. The van der Waals surface area contributed by atoms with E-state index in [1.165, 1.54) is 18.4 Å². The quantitative estimate of drug-likeness (QED) is 0.391. The van der Waals surface area contributed by atoms with Crippen LogP contribution in [0.15, 0.2) is 48.5 Å². The average molecular weight is 508 g/mol. The number of anilines is 1. The number of ether oxygens (including phenoxy) is 3. The highest BCUT2D eigenvalue weighted by atomic mass is 32.1. The second-order valence-corrected chi connectivity index (χ2v) is 9.40. The summed E-state index contributed by atoms with van der Waals surface area (Å²) in [5.41, 5.74) is 2.78. The molecule has 2 aliphatic heterocycles. The molecule has 0 aliphatic carbocycles. The first-order chi connectivity index (χ1) is 17.5. The molecular weight excluding hydrogens is 482 g/mol. The van der Waals surface area contributed by atoms with Crippen LogP contribution >= 0.6 is 11.3 Å². The van der Waals surface area contributed by atoms with E-state index in [0.29, 0.717) is 43.0 Å². The first kappa shape index (κ1) is 23.7. The van der Waals surface area contributed by atoms with E-state index in [2.05, 4.69) is 10.6 Å². The zero-order chi connectivity index (χ0) is 25.2. The summed E-state index contributed by atoms with van der Waals surface area (Å²) < 4.78 is 16.1. The number of thiophene rings is 1. The minimum Gasteiger partial charge on any atom is -0.493 e. The lowest BCUT2D eigenvalue weighted by Gasteiger charge is -2.28. The van der Waals surface area contributed by atoms with Crippen molar-refractivity contribution in [3.63, 3.8) is 0 Å². The predicted molar refractivity (Wildman–Crippen MR) is 134 cm³/mol. The van der Waals surface area contributed by atoms with Crippen LogP contribution in [0.1, 0.15) is 49.8 Å². The Morgan fingerprint density at radius 2 is 1.92 bits per heavy atom. The lowest BCUT2D eigenvalue weighted by atomic mass is 10.0. The van der Waals surface area contributed by atoms with Gasteiger partial charge in [-0.3, -0.25) is 4.79 Å². The number of nitrogens with one attached hydrogen (secondary N) is 2. The summed E-state index contributed by atoms with van der Waals surface area (Å²) in [6.07, 6.45) is -0.251. The van der Waals surface area contributed by atoms with Gasteiger partial charge in [0.25, 0.3) is 5.91 Å². The summed E-state index contributed by atoms with van der Waals surface area (Å²) in [6.45, 7) is 3.02. The van der Waals surface area contributed by atoms with E-state index in [9.17, 15) is 14.4 Å². The van der Waals surface area contributed by atoms with Gasteiger partial charge in [0.15, 0.2) is 11.5 Å². The molecule has 3 aromatic rings. The number of amides is 2. The monoisotopic (exact) mass is 507 g/mol. The Bertz CT molecular complexity index is 1320. The Morgan fingerprint density at radius 3 is 2.67 bits per heavy atom. The van der Waals surface area contributed by atoms with Crippen LogP contribution in [0.3, 0.4) is 0 Å². The van der Waals surface area contributed by atoms with Crippen LogP contribution in [-0.4, -0.2) is 43.1 Å². The van der Waals surface area contributed by atoms with Gasteiger partial charge >= 0.3 is 12.1 Å². The Labute approximate surface area is 212 Å². The van der Waals surface area contributed by atoms with Gasteiger partial charge in [-0.2, -0.15) is 0 Å². The minimum atomic E-state index is -0.501. The number of esters is 1. The lowest BCUT2D eigenvalue weighted by molar-refractivity contribution is 0.0729. The molecule has 10 heteroatoms. The highest BCUT2D eigenvalue weighted by Crippen LogP contribution is 2.41. The Morgan fingerprint density at radius 1 is 1.11 bits per heavy atom. The highest BCUT2D eigenvalue weighted by molar-refractivity contribution is 7.16. The van der Waals surface area contributed by atoms with E-state index in [1.54, 1.807) is 54.3 Å². The molecule has 1 aromatic heterocycles. The minimum absolute atomic E-state index is 0.172. The summed E-state index contributed by atoms with van der Waals surface area (Å²) in [4.78, 5) is 40.4. The molecular formula is C26H25N3O6S. The van der Waals surface area contributed by atoms with Crippen LogP contribution in [0.25, 0.3) is 0 Å². The van der Waals surface area contributed by atoms with Gasteiger partial charge in [0.1, 0.15) is 11.2 Å². The zero-order valence-electron chi connectivity index (χ0n) is 19.8. The van der Waals surface area contributed by atoms with E-state index in [0.717, 1.165) is 21.0 Å². The molecule has 3 heterocycles. The third kappa shape index (κ3) is 4.47. The predicted octanol–water partition coefficient (Wildman–Crippen LogP) is 4.34. The van der Waals surface area contributed by atoms with Gasteiger partial charge < -0.3 is 29.7 Å². The van der Waals surface area contributed by atoms with Crippen LogP contribution in [0, 0.1) is 0 Å². The maximum absolute atomic E-state index is 13.1. The molecule has 5 rings (SSSR count). The summed E-state index contributed by atoms with van der Waals surface area (Å²) >= 11 is 1.48. The van der Waals surface area contributed by atoms with Crippen molar-refractivity contribution in [3.8, 4) is 11.5 Å². The first-order valence-electron chi connectivity index (χ1n) is 11.6. The molecule has 2 aromatic carbocycles. The molecule has 0 saturated heterocycles. The van der Waals surface area contributed by atoms with Crippen molar-refractivity contribution >= 4 is 34.3 Å². The molecule has 186 valence electrons. The molecule has 1 atom stereocenters. The van der Waals surface area contributed by atoms with Gasteiger partial charge in [-0.1, -0.05) is 24.3 Å². The number of carbonyl (C=O) groups is 3. The number of carbonyl (C=O) groups excluding carboxylic acids is 3. The molecule has 9 nitrogen and oxygen atoms in total. The standard InChI is InChI=1S/C26H25N3O6S/c1-3-34-26(32)29-12-11-17-20(14-29)36-24-21(17)23(30)27-22(28-24)16-9-10-18(19(13-16)33-2)35-25(31)15-7-5-4-6-8-15/h4-10,13,22,28H,3,11-12,14H2,1-2H3,(H,27,30)/t22-/m1/s1. The molecule has 0 fully saturated rings. The summed E-state index contributed by atoms with van der Waals surface area (Å²) in [5, 5.41) is 7.16. The molecule has 0 radical (unpaired) electrons. The zero-order valence-corrected chi connectivity index (χ0v) is 20.6. The summed E-state index contributed by atoms with van der Waals surface area (Å²) in [5.74, 6) is -0.0106. The second-order valence-electron chi connectivity index (χ2n) is 8.30. The van der Waals surface area contributed by atoms with Crippen molar-refractivity contribution < 1.29 is 28.6 Å². The van der Waals surface area contributed by atoms with Gasteiger partial charge in [0.2, 0.25) is 0 Å². The van der Waals surface area contributed by atoms with Gasteiger partial charge in [0, 0.05) is 11.4 Å². The molecule has 0 unspecified atom stereocenters. The van der Waals surface area contributed by atoms with Crippen molar-refractivity contribution in [1.29, 1.82) is 0 Å². The number of fused-ring (bicyclic) bond motifs is 3. The third-order valence-electron chi connectivity index (χ3n) is 6.09. The SMILES string of the molecule is CCOC(=O)N1CCc2c(sc3c2C(=O)N[C@@H](c2ccc(OC(=O)c4ccccc4)c(OC)c2)N3)C1. The third-order valence-corrected chi connectivity index (χ3v) is 7.24. The maximum Gasteiger partial charge on any atom is 0.410 e. The van der Waals surface area contributed by atoms with Crippen LogP contribution in [0.5, 0.6) is 11.5 Å².